The van der Waals surface area contributed by atoms with Crippen molar-refractivity contribution >= 4 is 5.97 Å². The van der Waals surface area contributed by atoms with Gasteiger partial charge in [0.2, 0.25) is 0 Å². The highest BCUT2D eigenvalue weighted by molar-refractivity contribution is 5.73. The quantitative estimate of drug-likeness (QED) is 0.710. The van der Waals surface area contributed by atoms with Crippen molar-refractivity contribution in [3.8, 4) is 0 Å². The topological polar surface area (TPSA) is 40.5 Å². The molecule has 3 nitrogen and oxygen atoms in total. The van der Waals surface area contributed by atoms with E-state index in [-0.39, 0.29) is 6.04 Å². The van der Waals surface area contributed by atoms with E-state index < -0.39 is 12.0 Å². The summed E-state index contributed by atoms with van der Waals surface area (Å²) in [7, 11) is 0. The molecular formula is C10H15NO2. The molecule has 1 atom stereocenters. The first-order valence-corrected chi connectivity index (χ1v) is 4.50. The van der Waals surface area contributed by atoms with Gasteiger partial charge in [-0.15, -0.1) is 0 Å². The lowest BCUT2D eigenvalue weighted by atomic mass is 10.2. The lowest BCUT2D eigenvalue weighted by Gasteiger charge is -2.28. The van der Waals surface area contributed by atoms with Crippen molar-refractivity contribution in [1.82, 2.24) is 4.90 Å². The third-order valence-electron chi connectivity index (χ3n) is 2.33. The maximum atomic E-state index is 10.8. The fourth-order valence-electron chi connectivity index (χ4n) is 1.53. The zero-order chi connectivity index (χ0) is 9.84. The molecule has 0 radical (unpaired) electrons. The minimum atomic E-state index is -0.768. The van der Waals surface area contributed by atoms with Crippen LogP contribution >= 0.6 is 0 Å². The lowest BCUT2D eigenvalue weighted by molar-refractivity contribution is -0.142. The van der Waals surface area contributed by atoms with Crippen LogP contribution in [0, 0.1) is 0 Å². The van der Waals surface area contributed by atoms with Crippen molar-refractivity contribution < 1.29 is 9.90 Å². The SMILES string of the molecule is CCN(C1C=CC=C1)[C@@H](C)C(=O)O. The Bertz CT molecular complexity index is 233. The number of carbonyl (C=O) groups is 1. The molecule has 1 aliphatic rings. The Morgan fingerprint density at radius 3 is 2.46 bits per heavy atom. The van der Waals surface area contributed by atoms with Crippen molar-refractivity contribution in [1.29, 1.82) is 0 Å². The second-order valence-electron chi connectivity index (χ2n) is 3.11. The van der Waals surface area contributed by atoms with Crippen LogP contribution in [0.4, 0.5) is 0 Å². The monoisotopic (exact) mass is 181 g/mol. The first-order valence-electron chi connectivity index (χ1n) is 4.50. The van der Waals surface area contributed by atoms with Crippen LogP contribution in [0.2, 0.25) is 0 Å². The van der Waals surface area contributed by atoms with Crippen LogP contribution in [0.15, 0.2) is 24.3 Å². The first-order chi connectivity index (χ1) is 6.16. The van der Waals surface area contributed by atoms with Crippen molar-refractivity contribution in [2.24, 2.45) is 0 Å². The maximum Gasteiger partial charge on any atom is 0.320 e. The highest BCUT2D eigenvalue weighted by Crippen LogP contribution is 2.12. The molecule has 0 aromatic rings. The second kappa shape index (κ2) is 4.23. The van der Waals surface area contributed by atoms with Gasteiger partial charge in [0.25, 0.3) is 0 Å². The molecule has 0 aromatic carbocycles. The van der Waals surface area contributed by atoms with Gasteiger partial charge in [-0.1, -0.05) is 31.2 Å². The number of likely N-dealkylation sites (N-methyl/N-ethyl adjacent to an activating group) is 1. The zero-order valence-electron chi connectivity index (χ0n) is 7.97. The molecule has 1 rings (SSSR count). The summed E-state index contributed by atoms with van der Waals surface area (Å²) in [5.41, 5.74) is 0. The van der Waals surface area contributed by atoms with E-state index in [2.05, 4.69) is 0 Å². The van der Waals surface area contributed by atoms with Gasteiger partial charge in [-0.3, -0.25) is 9.69 Å². The summed E-state index contributed by atoms with van der Waals surface area (Å²) in [4.78, 5) is 12.7. The smallest absolute Gasteiger partial charge is 0.320 e. The van der Waals surface area contributed by atoms with Gasteiger partial charge in [-0.05, 0) is 13.5 Å². The van der Waals surface area contributed by atoms with Crippen molar-refractivity contribution in [3.05, 3.63) is 24.3 Å². The Morgan fingerprint density at radius 2 is 2.08 bits per heavy atom. The minimum absolute atomic E-state index is 0.149. The van der Waals surface area contributed by atoms with E-state index in [0.29, 0.717) is 0 Å². The Morgan fingerprint density at radius 1 is 1.54 bits per heavy atom. The van der Waals surface area contributed by atoms with E-state index >= 15 is 0 Å². The number of carboxylic acid groups (broad SMARTS) is 1. The predicted octanol–water partition coefficient (Wildman–Crippen LogP) is 1.28. The van der Waals surface area contributed by atoms with Gasteiger partial charge < -0.3 is 5.11 Å². The van der Waals surface area contributed by atoms with Crippen LogP contribution in [-0.2, 0) is 4.79 Å². The van der Waals surface area contributed by atoms with Crippen molar-refractivity contribution in [2.45, 2.75) is 25.9 Å². The van der Waals surface area contributed by atoms with Gasteiger partial charge in [0.15, 0.2) is 0 Å². The van der Waals surface area contributed by atoms with E-state index in [1.165, 1.54) is 0 Å². The third-order valence-corrected chi connectivity index (χ3v) is 2.33. The van der Waals surface area contributed by atoms with E-state index in [0.717, 1.165) is 6.54 Å². The Kier molecular flexibility index (Phi) is 3.25. The van der Waals surface area contributed by atoms with Crippen LogP contribution in [0.5, 0.6) is 0 Å². The highest BCUT2D eigenvalue weighted by Gasteiger charge is 2.24. The van der Waals surface area contributed by atoms with Gasteiger partial charge in [-0.25, -0.2) is 0 Å². The van der Waals surface area contributed by atoms with Crippen LogP contribution in [0.3, 0.4) is 0 Å². The predicted molar refractivity (Wildman–Crippen MR) is 51.5 cm³/mol. The summed E-state index contributed by atoms with van der Waals surface area (Å²) in [6.07, 6.45) is 7.90. The molecule has 0 spiro atoms. The fourth-order valence-corrected chi connectivity index (χ4v) is 1.53. The van der Waals surface area contributed by atoms with Gasteiger partial charge in [0.1, 0.15) is 6.04 Å². The maximum absolute atomic E-state index is 10.8. The number of allylic oxidation sites excluding steroid dienone is 2. The summed E-state index contributed by atoms with van der Waals surface area (Å²) >= 11 is 0. The van der Waals surface area contributed by atoms with Gasteiger partial charge in [0.05, 0.1) is 0 Å². The van der Waals surface area contributed by atoms with Crippen molar-refractivity contribution in [2.75, 3.05) is 6.54 Å². The van der Waals surface area contributed by atoms with Crippen LogP contribution in [0.25, 0.3) is 0 Å². The highest BCUT2D eigenvalue weighted by atomic mass is 16.4. The molecule has 13 heavy (non-hydrogen) atoms. The molecular weight excluding hydrogens is 166 g/mol. The molecule has 1 aliphatic carbocycles. The number of hydrogen-bond donors (Lipinski definition) is 1. The molecule has 1 N–H and O–H groups in total. The number of hydrogen-bond acceptors (Lipinski definition) is 2. The summed E-state index contributed by atoms with van der Waals surface area (Å²) in [5, 5.41) is 8.85. The number of rotatable bonds is 4. The summed E-state index contributed by atoms with van der Waals surface area (Å²) in [6, 6.07) is -0.279. The first kappa shape index (κ1) is 9.99. The average molecular weight is 181 g/mol. The third kappa shape index (κ3) is 2.18. The molecule has 0 heterocycles. The van der Waals surface area contributed by atoms with E-state index in [1.807, 2.05) is 36.1 Å². The van der Waals surface area contributed by atoms with E-state index in [4.69, 9.17) is 5.11 Å². The zero-order valence-corrected chi connectivity index (χ0v) is 7.97. The molecule has 0 unspecified atom stereocenters. The Balaban J connectivity index is 2.66. The summed E-state index contributed by atoms with van der Waals surface area (Å²) in [6.45, 7) is 4.43. The average Bonchev–Trinajstić information content (AvgIpc) is 2.58. The second-order valence-corrected chi connectivity index (χ2v) is 3.11. The normalized spacial score (nSPS) is 18.4. The summed E-state index contributed by atoms with van der Waals surface area (Å²) in [5.74, 6) is -0.768. The van der Waals surface area contributed by atoms with Gasteiger partial charge >= 0.3 is 5.97 Å². The molecule has 3 heteroatoms. The lowest BCUT2D eigenvalue weighted by Crippen LogP contribution is -2.43. The summed E-state index contributed by atoms with van der Waals surface area (Å²) < 4.78 is 0. The fraction of sp³-hybridized carbons (Fsp3) is 0.500. The van der Waals surface area contributed by atoms with Crippen LogP contribution in [0.1, 0.15) is 13.8 Å². The van der Waals surface area contributed by atoms with Gasteiger partial charge in [0, 0.05) is 6.04 Å². The van der Waals surface area contributed by atoms with Crippen LogP contribution in [-0.4, -0.2) is 34.6 Å². The largest absolute Gasteiger partial charge is 0.480 e. The number of aliphatic carboxylic acids is 1. The van der Waals surface area contributed by atoms with Crippen LogP contribution < -0.4 is 0 Å². The molecule has 72 valence electrons. The molecule has 0 aromatic heterocycles. The molecule has 0 fully saturated rings. The standard InChI is InChI=1S/C10H15NO2/c1-3-11(8(2)10(12)13)9-6-4-5-7-9/h4-9H,3H2,1-2H3,(H,12,13)/t8-/m0/s1. The van der Waals surface area contributed by atoms with Crippen molar-refractivity contribution in [3.63, 3.8) is 0 Å². The molecule has 0 bridgehead atoms. The van der Waals surface area contributed by atoms with E-state index in [9.17, 15) is 4.79 Å². The Labute approximate surface area is 78.4 Å². The molecule has 0 aliphatic heterocycles. The van der Waals surface area contributed by atoms with Gasteiger partial charge in [-0.2, -0.15) is 0 Å². The minimum Gasteiger partial charge on any atom is -0.480 e. The molecule has 0 saturated carbocycles. The number of carboxylic acids is 1. The molecule has 0 saturated heterocycles. The number of nitrogens with zero attached hydrogens (tertiary/aromatic N) is 1. The molecule has 0 amide bonds. The Hall–Kier alpha value is -1.09. The van der Waals surface area contributed by atoms with E-state index in [1.54, 1.807) is 6.92 Å².